The van der Waals surface area contributed by atoms with E-state index in [1.54, 1.807) is 24.3 Å². The molecule has 1 fully saturated rings. The minimum absolute atomic E-state index is 0.287. The molecule has 0 saturated heterocycles. The molecule has 19 heavy (non-hydrogen) atoms. The fourth-order valence-electron chi connectivity index (χ4n) is 2.13. The molecule has 100 valence electrons. The highest BCUT2D eigenvalue weighted by atomic mass is 16.3. The molecule has 1 amide bonds. The molecule has 4 N–H and O–H groups in total. The van der Waals surface area contributed by atoms with Gasteiger partial charge in [-0.15, -0.1) is 0 Å². The Balaban J connectivity index is 2.10. The first-order valence-corrected chi connectivity index (χ1v) is 6.15. The number of amides is 1. The third kappa shape index (κ3) is 2.75. The van der Waals surface area contributed by atoms with Gasteiger partial charge >= 0.3 is 0 Å². The zero-order valence-corrected chi connectivity index (χ0v) is 10.4. The van der Waals surface area contributed by atoms with Crippen molar-refractivity contribution in [2.75, 3.05) is 0 Å². The van der Waals surface area contributed by atoms with Crippen molar-refractivity contribution in [3.8, 4) is 6.07 Å². The molecule has 0 bridgehead atoms. The van der Waals surface area contributed by atoms with Crippen molar-refractivity contribution < 1.29 is 15.0 Å². The number of carbonyl (C=O) groups is 1. The molecule has 0 heterocycles. The van der Waals surface area contributed by atoms with Gasteiger partial charge in [0.2, 0.25) is 5.91 Å². The third-order valence-electron chi connectivity index (χ3n) is 3.54. The van der Waals surface area contributed by atoms with E-state index in [4.69, 9.17) is 11.0 Å². The van der Waals surface area contributed by atoms with Crippen molar-refractivity contribution in [1.82, 2.24) is 0 Å². The molecular formula is C14H16N2O3. The zero-order valence-electron chi connectivity index (χ0n) is 10.4. The van der Waals surface area contributed by atoms with Crippen molar-refractivity contribution in [2.24, 2.45) is 5.73 Å². The molecule has 0 aromatic heterocycles. The number of hydrogen-bond donors (Lipinski definition) is 3. The van der Waals surface area contributed by atoms with Crippen LogP contribution in [0, 0.1) is 11.3 Å². The van der Waals surface area contributed by atoms with Gasteiger partial charge in [-0.25, -0.2) is 0 Å². The van der Waals surface area contributed by atoms with E-state index >= 15 is 0 Å². The number of benzene rings is 1. The predicted molar refractivity (Wildman–Crippen MR) is 67.7 cm³/mol. The van der Waals surface area contributed by atoms with Gasteiger partial charge in [0.1, 0.15) is 6.10 Å². The Bertz CT molecular complexity index is 514. The van der Waals surface area contributed by atoms with Crippen LogP contribution >= 0.6 is 0 Å². The average molecular weight is 260 g/mol. The smallest absolute Gasteiger partial charge is 0.220 e. The summed E-state index contributed by atoms with van der Waals surface area (Å²) in [5.41, 5.74) is 6.04. The van der Waals surface area contributed by atoms with Crippen LogP contribution in [0.15, 0.2) is 24.3 Å². The van der Waals surface area contributed by atoms with E-state index in [1.807, 2.05) is 0 Å². The van der Waals surface area contributed by atoms with Gasteiger partial charge < -0.3 is 15.9 Å². The number of nitrogens with two attached hydrogens (primary N) is 1. The fourth-order valence-corrected chi connectivity index (χ4v) is 2.13. The summed E-state index contributed by atoms with van der Waals surface area (Å²) in [6.07, 6.45) is -0.941. The molecule has 0 radical (unpaired) electrons. The maximum absolute atomic E-state index is 10.7. The number of rotatable bonds is 5. The minimum Gasteiger partial charge on any atom is -0.390 e. The highest BCUT2D eigenvalue weighted by Crippen LogP contribution is 2.47. The lowest BCUT2D eigenvalue weighted by Crippen LogP contribution is -2.25. The molecule has 1 aromatic rings. The average Bonchev–Trinajstić information content (AvgIpc) is 3.18. The van der Waals surface area contributed by atoms with Crippen molar-refractivity contribution in [3.05, 3.63) is 35.4 Å². The van der Waals surface area contributed by atoms with Crippen LogP contribution < -0.4 is 5.73 Å². The maximum Gasteiger partial charge on any atom is 0.220 e. The Hall–Kier alpha value is -1.90. The molecule has 2 rings (SSSR count). The summed E-state index contributed by atoms with van der Waals surface area (Å²) in [7, 11) is 0. The highest BCUT2D eigenvalue weighted by molar-refractivity contribution is 5.74. The SMILES string of the molecule is N#CC1(c2ccc(C(O)C(O)CC(N)=O)cc2)CC1. The lowest BCUT2D eigenvalue weighted by molar-refractivity contribution is -0.121. The van der Waals surface area contributed by atoms with E-state index < -0.39 is 18.1 Å². The topological polar surface area (TPSA) is 107 Å². The van der Waals surface area contributed by atoms with E-state index in [-0.39, 0.29) is 11.8 Å². The van der Waals surface area contributed by atoms with E-state index in [0.29, 0.717) is 5.56 Å². The summed E-state index contributed by atoms with van der Waals surface area (Å²) in [5, 5.41) is 28.6. The predicted octanol–water partition coefficient (Wildman–Crippen LogP) is 0.511. The Morgan fingerprint density at radius 1 is 1.37 bits per heavy atom. The van der Waals surface area contributed by atoms with Crippen LogP contribution in [0.2, 0.25) is 0 Å². The molecule has 2 atom stereocenters. The summed E-state index contributed by atoms with van der Waals surface area (Å²) >= 11 is 0. The van der Waals surface area contributed by atoms with Crippen molar-refractivity contribution in [3.63, 3.8) is 0 Å². The molecular weight excluding hydrogens is 244 g/mol. The second kappa shape index (κ2) is 5.00. The van der Waals surface area contributed by atoms with Crippen LogP contribution in [0.4, 0.5) is 0 Å². The van der Waals surface area contributed by atoms with Gasteiger partial charge in [-0.3, -0.25) is 4.79 Å². The molecule has 0 aliphatic heterocycles. The number of aliphatic hydroxyl groups is 2. The number of aliphatic hydroxyl groups excluding tert-OH is 2. The second-order valence-electron chi connectivity index (χ2n) is 5.00. The summed E-state index contributed by atoms with van der Waals surface area (Å²) in [6.45, 7) is 0. The van der Waals surface area contributed by atoms with Crippen molar-refractivity contribution in [1.29, 1.82) is 5.26 Å². The number of nitrogens with zero attached hydrogens (tertiary/aromatic N) is 1. The zero-order chi connectivity index (χ0) is 14.0. The molecule has 5 nitrogen and oxygen atoms in total. The van der Waals surface area contributed by atoms with Crippen LogP contribution in [0.3, 0.4) is 0 Å². The largest absolute Gasteiger partial charge is 0.390 e. The Labute approximate surface area is 111 Å². The number of primary amides is 1. The van der Waals surface area contributed by atoms with E-state index in [2.05, 4.69) is 6.07 Å². The lowest BCUT2D eigenvalue weighted by Gasteiger charge is -2.17. The third-order valence-corrected chi connectivity index (χ3v) is 3.54. The van der Waals surface area contributed by atoms with Gasteiger partial charge in [0.15, 0.2) is 0 Å². The van der Waals surface area contributed by atoms with Crippen LogP contribution in [0.5, 0.6) is 0 Å². The van der Waals surface area contributed by atoms with Gasteiger partial charge in [0.25, 0.3) is 0 Å². The van der Waals surface area contributed by atoms with Gasteiger partial charge in [-0.05, 0) is 24.0 Å². The lowest BCUT2D eigenvalue weighted by atomic mass is 9.94. The number of hydrogen-bond acceptors (Lipinski definition) is 4. The molecule has 5 heteroatoms. The molecule has 1 aliphatic rings. The number of carbonyl (C=O) groups excluding carboxylic acids is 1. The first kappa shape index (κ1) is 13.5. The monoisotopic (exact) mass is 260 g/mol. The second-order valence-corrected chi connectivity index (χ2v) is 5.00. The molecule has 0 spiro atoms. The summed E-state index contributed by atoms with van der Waals surface area (Å²) in [5.74, 6) is -0.662. The first-order chi connectivity index (χ1) is 8.98. The molecule has 2 unspecified atom stereocenters. The highest BCUT2D eigenvalue weighted by Gasteiger charge is 2.44. The van der Waals surface area contributed by atoms with Gasteiger partial charge in [0.05, 0.1) is 24.0 Å². The molecule has 1 aromatic carbocycles. The Morgan fingerprint density at radius 2 is 1.95 bits per heavy atom. The fraction of sp³-hybridized carbons (Fsp3) is 0.429. The van der Waals surface area contributed by atoms with Crippen LogP contribution in [0.25, 0.3) is 0 Å². The van der Waals surface area contributed by atoms with Crippen LogP contribution in [-0.2, 0) is 10.2 Å². The van der Waals surface area contributed by atoms with Gasteiger partial charge in [-0.1, -0.05) is 24.3 Å². The summed E-state index contributed by atoms with van der Waals surface area (Å²) in [4.78, 5) is 10.7. The minimum atomic E-state index is -1.21. The Morgan fingerprint density at radius 3 is 2.37 bits per heavy atom. The normalized spacial score (nSPS) is 19.2. The number of nitriles is 1. The van der Waals surface area contributed by atoms with Gasteiger partial charge in [-0.2, -0.15) is 5.26 Å². The van der Waals surface area contributed by atoms with Gasteiger partial charge in [0, 0.05) is 0 Å². The standard InChI is InChI=1S/C14H16N2O3/c15-8-14(5-6-14)10-3-1-9(2-4-10)13(19)11(17)7-12(16)18/h1-4,11,13,17,19H,5-7H2,(H2,16,18). The van der Waals surface area contributed by atoms with E-state index in [0.717, 1.165) is 18.4 Å². The summed E-state index contributed by atoms with van der Waals surface area (Å²) < 4.78 is 0. The van der Waals surface area contributed by atoms with E-state index in [9.17, 15) is 15.0 Å². The van der Waals surface area contributed by atoms with E-state index in [1.165, 1.54) is 0 Å². The molecule has 1 saturated carbocycles. The van der Waals surface area contributed by atoms with Crippen molar-refractivity contribution >= 4 is 5.91 Å². The quantitative estimate of drug-likeness (QED) is 0.717. The van der Waals surface area contributed by atoms with Crippen LogP contribution in [0.1, 0.15) is 36.5 Å². The van der Waals surface area contributed by atoms with Crippen LogP contribution in [-0.4, -0.2) is 22.2 Å². The first-order valence-electron chi connectivity index (χ1n) is 6.15. The Kier molecular flexibility index (Phi) is 3.56. The summed E-state index contributed by atoms with van der Waals surface area (Å²) in [6, 6.07) is 9.20. The maximum atomic E-state index is 10.7. The van der Waals surface area contributed by atoms with Crippen molar-refractivity contribution in [2.45, 2.75) is 36.9 Å². The molecule has 1 aliphatic carbocycles.